The summed E-state index contributed by atoms with van der Waals surface area (Å²) in [7, 11) is -2.06. The molecule has 0 aliphatic rings. The first-order valence-corrected chi connectivity index (χ1v) is 40.5. The SMILES string of the molecule is COCCOCCOCCOc1ccccc1-c1nccc(COc2ccc(O[Si](C)(C)C(C)(C)C)cc2CC(Oc2ncnc3sc(-c4ccc(F)cc4)c(-c4ccc(OC(COC(c5ccccc5)(c5ccc(OC)cc5)c5ccc(OC)cc5)COS(=O)(=O)c5ccc(C)cc5)c(Cl)c4C)c23)C(=O)O)n1. The number of aliphatic carboxylic acids is 1. The zero-order chi connectivity index (χ0) is 76.6. The van der Waals surface area contributed by atoms with Crippen LogP contribution in [0.15, 0.2) is 205 Å². The van der Waals surface area contributed by atoms with Gasteiger partial charge in [0.05, 0.1) is 80.4 Å². The number of ether oxygens (including phenoxy) is 10. The maximum Gasteiger partial charge on any atom is 0.345 e. The molecule has 0 bridgehead atoms. The number of nitrogens with zero attached hydrogens (tertiary/aromatic N) is 4. The molecule has 2 unspecified atom stereocenters. The Morgan fingerprint density at radius 1 is 0.648 bits per heavy atom. The summed E-state index contributed by atoms with van der Waals surface area (Å²) in [5, 5.41) is 11.6. The molecule has 25 heteroatoms. The highest BCUT2D eigenvalue weighted by atomic mass is 35.5. The molecule has 1 N–H and O–H groups in total. The third-order valence-electron chi connectivity index (χ3n) is 18.5. The van der Waals surface area contributed by atoms with Crippen LogP contribution in [-0.4, -0.2) is 134 Å². The topological polar surface area (TPSA) is 234 Å². The van der Waals surface area contributed by atoms with Gasteiger partial charge in [-0.25, -0.2) is 29.1 Å². The number of halogens is 2. The van der Waals surface area contributed by atoms with Gasteiger partial charge in [-0.3, -0.25) is 4.18 Å². The number of hydrogen-bond acceptors (Lipinski definition) is 20. The van der Waals surface area contributed by atoms with Crippen molar-refractivity contribution in [3.63, 3.8) is 0 Å². The van der Waals surface area contributed by atoms with Crippen LogP contribution in [0.3, 0.4) is 0 Å². The number of benzene rings is 8. The van der Waals surface area contributed by atoms with E-state index in [0.29, 0.717) is 133 Å². The lowest BCUT2D eigenvalue weighted by Gasteiger charge is -2.37. The summed E-state index contributed by atoms with van der Waals surface area (Å²) in [6.45, 7) is 15.8. The minimum atomic E-state index is -4.38. The van der Waals surface area contributed by atoms with E-state index in [-0.39, 0.29) is 52.8 Å². The van der Waals surface area contributed by atoms with Crippen molar-refractivity contribution in [3.8, 4) is 73.3 Å². The first-order chi connectivity index (χ1) is 52.0. The second-order valence-corrected chi connectivity index (χ2v) is 34.5. The van der Waals surface area contributed by atoms with Gasteiger partial charge in [-0.1, -0.05) is 135 Å². The quantitative estimate of drug-likeness (QED) is 0.0165. The molecular formula is C83H86ClFN4O16S2Si. The summed E-state index contributed by atoms with van der Waals surface area (Å²) in [6, 6.07) is 54.7. The molecule has 0 spiro atoms. The summed E-state index contributed by atoms with van der Waals surface area (Å²) in [5.41, 5.74) is 5.33. The van der Waals surface area contributed by atoms with Gasteiger partial charge in [-0.05, 0) is 156 Å². The van der Waals surface area contributed by atoms with Crippen molar-refractivity contribution in [2.24, 2.45) is 0 Å². The van der Waals surface area contributed by atoms with E-state index in [2.05, 4.69) is 43.8 Å². The molecule has 0 aliphatic heterocycles. The Balaban J connectivity index is 0.934. The molecule has 20 nitrogen and oxygen atoms in total. The number of carboxylic acids is 1. The molecule has 3 aromatic heterocycles. The van der Waals surface area contributed by atoms with Gasteiger partial charge in [-0.2, -0.15) is 8.42 Å². The highest BCUT2D eigenvalue weighted by Crippen LogP contribution is 2.51. The monoisotopic (exact) mass is 1540 g/mol. The Bertz CT molecular complexity index is 4910. The van der Waals surface area contributed by atoms with Crippen LogP contribution in [-0.2, 0) is 56.7 Å². The number of para-hydroxylation sites is 1. The van der Waals surface area contributed by atoms with Crippen LogP contribution in [0.5, 0.6) is 40.4 Å². The fourth-order valence-corrected chi connectivity index (χ4v) is 15.0. The van der Waals surface area contributed by atoms with Crippen molar-refractivity contribution in [2.75, 3.05) is 74.2 Å². The Morgan fingerprint density at radius 2 is 1.28 bits per heavy atom. The minimum Gasteiger partial charge on any atom is -0.543 e. The van der Waals surface area contributed by atoms with Crippen molar-refractivity contribution < 1.29 is 78.7 Å². The van der Waals surface area contributed by atoms with E-state index in [4.69, 9.17) is 77.5 Å². The molecule has 0 saturated heterocycles. The van der Waals surface area contributed by atoms with Crippen LogP contribution in [0.25, 0.3) is 43.2 Å². The molecule has 0 amide bonds. The average Bonchev–Trinajstić information content (AvgIpc) is 1.23. The highest BCUT2D eigenvalue weighted by molar-refractivity contribution is 7.86. The van der Waals surface area contributed by atoms with E-state index in [1.165, 1.54) is 41.9 Å². The molecule has 11 rings (SSSR count). The number of carbonyl (C=O) groups is 1. The average molecular weight is 1540 g/mol. The van der Waals surface area contributed by atoms with Gasteiger partial charge in [0, 0.05) is 35.7 Å². The normalized spacial score (nSPS) is 12.5. The minimum absolute atomic E-state index is 0.0438. The molecule has 11 aromatic rings. The van der Waals surface area contributed by atoms with Crippen LogP contribution in [0.2, 0.25) is 23.2 Å². The molecule has 0 fully saturated rings. The number of aryl methyl sites for hydroxylation is 1. The van der Waals surface area contributed by atoms with Crippen LogP contribution < -0.4 is 32.8 Å². The Labute approximate surface area is 638 Å². The fourth-order valence-electron chi connectivity index (χ4n) is 11.7. The van der Waals surface area contributed by atoms with Crippen molar-refractivity contribution in [1.82, 2.24) is 19.9 Å². The second kappa shape index (κ2) is 35.9. The summed E-state index contributed by atoms with van der Waals surface area (Å²) in [6.07, 6.45) is -0.114. The van der Waals surface area contributed by atoms with Crippen LogP contribution in [0.4, 0.5) is 4.39 Å². The first-order valence-electron chi connectivity index (χ1n) is 35.0. The largest absolute Gasteiger partial charge is 0.543 e. The fraction of sp³-hybridized carbons (Fsp3) is 0.289. The summed E-state index contributed by atoms with van der Waals surface area (Å²) in [4.78, 5) is 33.7. The molecule has 3 heterocycles. The number of hydrogen-bond donors (Lipinski definition) is 1. The lowest BCUT2D eigenvalue weighted by Crippen LogP contribution is -2.43. The van der Waals surface area contributed by atoms with Gasteiger partial charge in [0.1, 0.15) is 83.0 Å². The molecular weight excluding hydrogens is 1460 g/mol. The van der Waals surface area contributed by atoms with Crippen molar-refractivity contribution in [1.29, 1.82) is 0 Å². The predicted molar refractivity (Wildman–Crippen MR) is 416 cm³/mol. The third kappa shape index (κ3) is 19.2. The summed E-state index contributed by atoms with van der Waals surface area (Å²) in [5.74, 6) is 1.30. The Kier molecular flexibility index (Phi) is 26.3. The highest BCUT2D eigenvalue weighted by Gasteiger charge is 2.41. The van der Waals surface area contributed by atoms with Crippen LogP contribution >= 0.6 is 22.9 Å². The Hall–Kier alpha value is -9.86. The smallest absolute Gasteiger partial charge is 0.345 e. The lowest BCUT2D eigenvalue weighted by molar-refractivity contribution is -0.145. The van der Waals surface area contributed by atoms with E-state index in [0.717, 1.165) is 11.1 Å². The molecule has 0 radical (unpaired) electrons. The van der Waals surface area contributed by atoms with E-state index < -0.39 is 54.6 Å². The van der Waals surface area contributed by atoms with E-state index in [1.54, 1.807) is 89.0 Å². The van der Waals surface area contributed by atoms with Gasteiger partial charge in [0.15, 0.2) is 5.82 Å². The van der Waals surface area contributed by atoms with Crippen LogP contribution in [0, 0.1) is 19.7 Å². The number of aromatic nitrogens is 4. The number of rotatable bonds is 37. The van der Waals surface area contributed by atoms with Gasteiger partial charge >= 0.3 is 5.97 Å². The van der Waals surface area contributed by atoms with Gasteiger partial charge in [0.2, 0.25) is 20.3 Å². The lowest BCUT2D eigenvalue weighted by atomic mass is 9.80. The first kappa shape index (κ1) is 79.2. The molecule has 564 valence electrons. The van der Waals surface area contributed by atoms with Gasteiger partial charge in [-0.15, -0.1) is 11.3 Å². The van der Waals surface area contributed by atoms with Gasteiger partial charge in [0.25, 0.3) is 10.1 Å². The summed E-state index contributed by atoms with van der Waals surface area (Å²) < 4.78 is 117. The predicted octanol–water partition coefficient (Wildman–Crippen LogP) is 17.2. The molecule has 8 aromatic carbocycles. The molecule has 0 saturated carbocycles. The van der Waals surface area contributed by atoms with E-state index in [9.17, 15) is 22.7 Å². The second-order valence-electron chi connectivity index (χ2n) is 26.8. The number of thiophene rings is 1. The molecule has 0 aliphatic carbocycles. The van der Waals surface area contributed by atoms with Crippen LogP contribution in [0.1, 0.15) is 59.8 Å². The Morgan fingerprint density at radius 3 is 1.94 bits per heavy atom. The van der Waals surface area contributed by atoms with E-state index >= 15 is 0 Å². The number of fused-ring (bicyclic) bond motifs is 1. The third-order valence-corrected chi connectivity index (χ3v) is 25.8. The summed E-state index contributed by atoms with van der Waals surface area (Å²) >= 11 is 8.85. The van der Waals surface area contributed by atoms with E-state index in [1.807, 2.05) is 116 Å². The zero-order valence-corrected chi connectivity index (χ0v) is 65.1. The number of carboxylic acid groups (broad SMARTS) is 1. The van der Waals surface area contributed by atoms with Crippen molar-refractivity contribution >= 4 is 57.6 Å². The van der Waals surface area contributed by atoms with Gasteiger partial charge < -0.3 is 56.9 Å². The number of methoxy groups -OCH3 is 3. The standard InChI is InChI=1S/C83H86ClFN4O16S2Si/c1-54-20-35-67(36-21-54)107(92,93)102-52-66(51-101-83(58-16-12-11-13-17-58,59-24-30-63(95-7)31-25-59)60-26-32-64(96-8)33-27-60)103-72-39-37-68(55(2)76(72)84)74-75-79(87-53-88-80(75)106-77(74)56-22-28-61(85)29-23-56)104-73(81(90)91)49-57-48-65(105-108(9,10)82(3,4)5)34-38-70(57)100-50-62-40-41-86-78(89-62)69-18-14-15-19-71(69)99-47-46-98-45-44-97-43-42-94-6/h11-41,48,53,66,73H,42-47,49-52H2,1-10H3,(H,90,91). The van der Waals surface area contributed by atoms with Crippen molar-refractivity contribution in [3.05, 3.63) is 250 Å². The maximum absolute atomic E-state index is 14.9. The zero-order valence-electron chi connectivity index (χ0n) is 61.7. The maximum atomic E-state index is 14.9. The molecule has 2 atom stereocenters. The molecule has 108 heavy (non-hydrogen) atoms. The van der Waals surface area contributed by atoms with Crippen molar-refractivity contribution in [2.45, 2.75) is 88.5 Å².